The molecule has 0 saturated carbocycles. The average molecular weight is 466 g/mol. The van der Waals surface area contributed by atoms with E-state index in [9.17, 15) is 4.79 Å². The molecule has 174 valence electrons. The Bertz CT molecular complexity index is 1420. The maximum absolute atomic E-state index is 10.7. The van der Waals surface area contributed by atoms with Gasteiger partial charge in [-0.1, -0.05) is 65.8 Å². The molecule has 3 aromatic carbocycles. The van der Waals surface area contributed by atoms with Crippen molar-refractivity contribution < 1.29 is 23.9 Å². The van der Waals surface area contributed by atoms with Crippen LogP contribution in [0.1, 0.15) is 11.1 Å². The van der Waals surface area contributed by atoms with E-state index in [-0.39, 0.29) is 6.61 Å². The SMILES string of the molecule is Cc1cccc(-c2onc(-c3ccc(OCC(=O)O)cc3)c3cccc2-3)c1OCc1ccccc1. The van der Waals surface area contributed by atoms with Crippen molar-refractivity contribution in [3.05, 3.63) is 102 Å². The number of aromatic nitrogens is 1. The molecular formula is C29H23NO5. The Hall–Kier alpha value is -4.58. The Morgan fingerprint density at radius 3 is 2.31 bits per heavy atom. The summed E-state index contributed by atoms with van der Waals surface area (Å²) in [6.07, 6.45) is 0. The largest absolute Gasteiger partial charge is 0.488 e. The van der Waals surface area contributed by atoms with E-state index >= 15 is 0 Å². The van der Waals surface area contributed by atoms with Crippen LogP contribution in [0.15, 0.2) is 95.5 Å². The summed E-state index contributed by atoms with van der Waals surface area (Å²) in [5, 5.41) is 13.2. The highest BCUT2D eigenvalue weighted by atomic mass is 16.5. The molecule has 0 amide bonds. The first-order chi connectivity index (χ1) is 17.1. The van der Waals surface area contributed by atoms with Gasteiger partial charge in [0.15, 0.2) is 12.4 Å². The highest BCUT2D eigenvalue weighted by Crippen LogP contribution is 2.43. The molecule has 0 bridgehead atoms. The molecule has 0 fully saturated rings. The molecule has 35 heavy (non-hydrogen) atoms. The van der Waals surface area contributed by atoms with Gasteiger partial charge in [-0.25, -0.2) is 4.79 Å². The van der Waals surface area contributed by atoms with Gasteiger partial charge in [-0.3, -0.25) is 0 Å². The van der Waals surface area contributed by atoms with Crippen LogP contribution in [0.3, 0.4) is 0 Å². The van der Waals surface area contributed by atoms with Crippen molar-refractivity contribution in [2.75, 3.05) is 6.61 Å². The molecule has 2 aliphatic rings. The van der Waals surface area contributed by atoms with Crippen molar-refractivity contribution in [2.24, 2.45) is 0 Å². The number of rotatable bonds is 8. The zero-order valence-electron chi connectivity index (χ0n) is 19.1. The molecule has 6 nitrogen and oxygen atoms in total. The van der Waals surface area contributed by atoms with E-state index in [2.05, 4.69) is 5.16 Å². The predicted molar refractivity (Wildman–Crippen MR) is 133 cm³/mol. The van der Waals surface area contributed by atoms with Crippen molar-refractivity contribution >= 4 is 5.97 Å². The van der Waals surface area contributed by atoms with Gasteiger partial charge in [0.1, 0.15) is 23.8 Å². The molecule has 3 aromatic rings. The van der Waals surface area contributed by atoms with Gasteiger partial charge in [-0.2, -0.15) is 0 Å². The predicted octanol–water partition coefficient (Wildman–Crippen LogP) is 6.46. The number of benzene rings is 3. The molecule has 1 aliphatic heterocycles. The summed E-state index contributed by atoms with van der Waals surface area (Å²) in [5.74, 6) is 0.856. The van der Waals surface area contributed by atoms with Gasteiger partial charge in [-0.05, 0) is 48.4 Å². The minimum absolute atomic E-state index is 0.389. The number of nitrogens with zero attached hydrogens (tertiary/aromatic N) is 1. The third kappa shape index (κ3) is 4.73. The lowest BCUT2D eigenvalue weighted by atomic mass is 9.98. The minimum atomic E-state index is -1.02. The number of carbonyl (C=O) groups is 1. The maximum Gasteiger partial charge on any atom is 0.341 e. The highest BCUT2D eigenvalue weighted by molar-refractivity contribution is 5.90. The first-order valence-electron chi connectivity index (χ1n) is 11.2. The van der Waals surface area contributed by atoms with Crippen molar-refractivity contribution in [3.8, 4) is 45.2 Å². The van der Waals surface area contributed by atoms with Crippen LogP contribution >= 0.6 is 0 Å². The third-order valence-electron chi connectivity index (χ3n) is 5.72. The van der Waals surface area contributed by atoms with Gasteiger partial charge in [0, 0.05) is 16.7 Å². The molecule has 1 aliphatic carbocycles. The van der Waals surface area contributed by atoms with Crippen LogP contribution in [-0.2, 0) is 11.4 Å². The van der Waals surface area contributed by atoms with Gasteiger partial charge in [0.25, 0.3) is 0 Å². The fourth-order valence-electron chi connectivity index (χ4n) is 4.02. The van der Waals surface area contributed by atoms with Gasteiger partial charge < -0.3 is 19.1 Å². The van der Waals surface area contributed by atoms with Crippen LogP contribution in [0.2, 0.25) is 0 Å². The Morgan fingerprint density at radius 2 is 1.54 bits per heavy atom. The number of aryl methyl sites for hydroxylation is 1. The van der Waals surface area contributed by atoms with Gasteiger partial charge >= 0.3 is 5.97 Å². The van der Waals surface area contributed by atoms with E-state index in [4.69, 9.17) is 19.1 Å². The Morgan fingerprint density at radius 1 is 0.829 bits per heavy atom. The highest BCUT2D eigenvalue weighted by Gasteiger charge is 2.22. The van der Waals surface area contributed by atoms with Crippen LogP contribution in [0.25, 0.3) is 33.7 Å². The summed E-state index contributed by atoms with van der Waals surface area (Å²) in [7, 11) is 0. The lowest BCUT2D eigenvalue weighted by Crippen LogP contribution is -2.09. The molecule has 0 unspecified atom stereocenters. The second kappa shape index (κ2) is 9.73. The smallest absolute Gasteiger partial charge is 0.341 e. The number of carboxylic acids is 1. The number of ether oxygens (including phenoxy) is 2. The monoisotopic (exact) mass is 465 g/mol. The fourth-order valence-corrected chi connectivity index (χ4v) is 4.02. The standard InChI is InChI=1S/C29H23NO5/c1-19-7-5-12-25(28(19)34-17-20-8-3-2-4-9-20)29-24-11-6-10-23(24)27(30-35-29)21-13-15-22(16-14-21)33-18-26(31)32/h2-16H,17-18H2,1H3,(H,31,32). The first kappa shape index (κ1) is 22.2. The van der Waals surface area contributed by atoms with Crippen LogP contribution in [-0.4, -0.2) is 22.8 Å². The number of hydrogen-bond acceptors (Lipinski definition) is 5. The molecule has 0 atom stereocenters. The number of carboxylic acid groups (broad SMARTS) is 1. The van der Waals surface area contributed by atoms with E-state index in [1.807, 2.05) is 85.8 Å². The number of aliphatic carboxylic acids is 1. The van der Waals surface area contributed by atoms with Crippen molar-refractivity contribution in [1.82, 2.24) is 5.16 Å². The quantitative estimate of drug-likeness (QED) is 0.283. The lowest BCUT2D eigenvalue weighted by Gasteiger charge is -2.16. The normalized spacial score (nSPS) is 10.9. The van der Waals surface area contributed by atoms with Crippen molar-refractivity contribution in [3.63, 3.8) is 0 Å². The summed E-state index contributed by atoms with van der Waals surface area (Å²) in [6.45, 7) is 2.08. The second-order valence-electron chi connectivity index (χ2n) is 8.15. The third-order valence-corrected chi connectivity index (χ3v) is 5.72. The van der Waals surface area contributed by atoms with Crippen molar-refractivity contribution in [1.29, 1.82) is 0 Å². The Labute approximate surface area is 202 Å². The van der Waals surface area contributed by atoms with Gasteiger partial charge in [0.05, 0.1) is 5.56 Å². The van der Waals surface area contributed by atoms with Crippen LogP contribution in [0, 0.1) is 6.92 Å². The lowest BCUT2D eigenvalue weighted by molar-refractivity contribution is -0.139. The van der Waals surface area contributed by atoms with Gasteiger partial charge in [0.2, 0.25) is 0 Å². The molecule has 1 heterocycles. The van der Waals surface area contributed by atoms with Crippen molar-refractivity contribution in [2.45, 2.75) is 13.5 Å². The fraction of sp³-hybridized carbons (Fsp3) is 0.103. The second-order valence-corrected chi connectivity index (χ2v) is 8.15. The summed E-state index contributed by atoms with van der Waals surface area (Å²) < 4.78 is 17.5. The average Bonchev–Trinajstić information content (AvgIpc) is 3.37. The Balaban J connectivity index is 1.48. The maximum atomic E-state index is 10.7. The van der Waals surface area contributed by atoms with Crippen LogP contribution < -0.4 is 9.47 Å². The number of fused-ring (bicyclic) bond motifs is 1. The molecule has 1 N–H and O–H groups in total. The van der Waals surface area contributed by atoms with E-state index in [0.29, 0.717) is 23.8 Å². The Kier molecular flexibility index (Phi) is 6.18. The zero-order valence-corrected chi connectivity index (χ0v) is 19.1. The number of hydrogen-bond donors (Lipinski definition) is 1. The van der Waals surface area contributed by atoms with Gasteiger partial charge in [-0.15, -0.1) is 0 Å². The van der Waals surface area contributed by atoms with E-state index in [0.717, 1.165) is 39.1 Å². The molecule has 0 saturated heterocycles. The molecule has 6 heteroatoms. The van der Waals surface area contributed by atoms with E-state index < -0.39 is 5.97 Å². The summed E-state index contributed by atoms with van der Waals surface area (Å²) in [6, 6.07) is 29.1. The van der Waals surface area contributed by atoms with Crippen LogP contribution in [0.5, 0.6) is 11.5 Å². The van der Waals surface area contributed by atoms with Crippen LogP contribution in [0.4, 0.5) is 0 Å². The first-order valence-corrected chi connectivity index (χ1v) is 11.2. The van der Waals surface area contributed by atoms with E-state index in [1.54, 1.807) is 12.1 Å². The molecule has 0 aromatic heterocycles. The summed E-state index contributed by atoms with van der Waals surface area (Å²) in [4.78, 5) is 10.7. The topological polar surface area (TPSA) is 81.8 Å². The molecular weight excluding hydrogens is 442 g/mol. The molecule has 5 rings (SSSR count). The minimum Gasteiger partial charge on any atom is -0.488 e. The summed E-state index contributed by atoms with van der Waals surface area (Å²) in [5.41, 5.74) is 6.34. The molecule has 0 radical (unpaired) electrons. The summed E-state index contributed by atoms with van der Waals surface area (Å²) >= 11 is 0. The zero-order chi connectivity index (χ0) is 24.2. The molecule has 0 spiro atoms. The number of para-hydroxylation sites is 1. The van der Waals surface area contributed by atoms with E-state index in [1.165, 1.54) is 0 Å².